The number of nitrogens with one attached hydrogen (secondary N) is 2. The van der Waals surface area contributed by atoms with E-state index in [1.54, 1.807) is 17.1 Å². The lowest BCUT2D eigenvalue weighted by Crippen LogP contribution is -2.23. The van der Waals surface area contributed by atoms with Crippen molar-refractivity contribution < 1.29 is 4.79 Å². The van der Waals surface area contributed by atoms with Crippen molar-refractivity contribution in [2.24, 2.45) is 10.9 Å². The molecule has 0 bridgehead atoms. The van der Waals surface area contributed by atoms with Crippen LogP contribution >= 0.6 is 0 Å². The normalized spacial score (nSPS) is 16.7. The molecular formula is C30H43N7O. The van der Waals surface area contributed by atoms with Gasteiger partial charge in [-0.3, -0.25) is 19.5 Å². The first-order chi connectivity index (χ1) is 18.3. The largest absolute Gasteiger partial charge is 0.346 e. The summed E-state index contributed by atoms with van der Waals surface area (Å²) in [5.74, 6) is 1.76. The van der Waals surface area contributed by atoms with Crippen molar-refractivity contribution in [1.82, 2.24) is 30.6 Å². The molecule has 0 spiro atoms. The number of amidine groups is 1. The fraction of sp³-hybridized carbons (Fsp3) is 0.500. The Kier molecular flexibility index (Phi) is 11.0. The lowest BCUT2D eigenvalue weighted by Gasteiger charge is -2.06. The summed E-state index contributed by atoms with van der Waals surface area (Å²) in [6.07, 6.45) is 14.4. The molecule has 0 saturated heterocycles. The topological polar surface area (TPSA) is 97.1 Å². The molecule has 4 rings (SSSR count). The van der Waals surface area contributed by atoms with E-state index < -0.39 is 0 Å². The second-order valence-electron chi connectivity index (χ2n) is 10.3. The molecule has 2 aliphatic rings. The highest BCUT2D eigenvalue weighted by Crippen LogP contribution is 2.37. The predicted molar refractivity (Wildman–Crippen MR) is 154 cm³/mol. The summed E-state index contributed by atoms with van der Waals surface area (Å²) >= 11 is 0. The van der Waals surface area contributed by atoms with Gasteiger partial charge in [-0.2, -0.15) is 0 Å². The van der Waals surface area contributed by atoms with Gasteiger partial charge in [0.15, 0.2) is 5.69 Å². The lowest BCUT2D eigenvalue weighted by atomic mass is 10.1. The van der Waals surface area contributed by atoms with Crippen molar-refractivity contribution >= 4 is 11.7 Å². The molecule has 2 aromatic rings. The number of unbranched alkanes of at least 4 members (excludes halogenated alkanes) is 1. The molecule has 0 radical (unpaired) electrons. The Morgan fingerprint density at radius 1 is 1.29 bits per heavy atom. The zero-order valence-electron chi connectivity index (χ0n) is 23.6. The Bertz CT molecular complexity index is 1170. The number of pyridine rings is 1. The number of rotatable bonds is 11. The maximum absolute atomic E-state index is 12.4. The van der Waals surface area contributed by atoms with E-state index in [1.807, 2.05) is 19.2 Å². The van der Waals surface area contributed by atoms with E-state index in [4.69, 9.17) is 0 Å². The maximum Gasteiger partial charge on any atom is 0.273 e. The van der Waals surface area contributed by atoms with E-state index in [-0.39, 0.29) is 5.91 Å². The van der Waals surface area contributed by atoms with Crippen molar-refractivity contribution in [3.05, 3.63) is 77.1 Å². The molecule has 2 N–H and O–H groups in total. The fourth-order valence-electron chi connectivity index (χ4n) is 3.97. The number of amides is 1. The standard InChI is InChI=1S/C27H35N7O.C3H8/c1-18(2)23-11-8-20(15-29-23)16-30-27(35)25-17-34(33-32-25)12-6-5-7-19(3)13-22-14-24(21-9-10-21)31-26(22)28-4;1-3-2/h8,11,13-15,17-18,21H,3,5-7,9-10,12,16H2,1-2,4H3,(H,28,31)(H,30,35);3H2,1-2H3/b22-13-;. The van der Waals surface area contributed by atoms with E-state index in [1.165, 1.54) is 25.0 Å². The number of aliphatic imine (C=N–C) groups is 1. The minimum absolute atomic E-state index is 0.235. The predicted octanol–water partition coefficient (Wildman–Crippen LogP) is 5.72. The summed E-state index contributed by atoms with van der Waals surface area (Å²) in [6.45, 7) is 13.8. The van der Waals surface area contributed by atoms with E-state index in [0.717, 1.165) is 47.5 Å². The molecule has 2 aromatic heterocycles. The van der Waals surface area contributed by atoms with E-state index in [9.17, 15) is 4.79 Å². The summed E-state index contributed by atoms with van der Waals surface area (Å²) in [6, 6.07) is 3.99. The Morgan fingerprint density at radius 2 is 2.05 bits per heavy atom. The number of carbonyl (C=O) groups excluding carboxylic acids is 1. The average molecular weight is 518 g/mol. The van der Waals surface area contributed by atoms with Gasteiger partial charge in [-0.1, -0.05) is 57.5 Å². The van der Waals surface area contributed by atoms with Crippen molar-refractivity contribution in [2.45, 2.75) is 85.2 Å². The molecular weight excluding hydrogens is 474 g/mol. The third kappa shape index (κ3) is 8.78. The van der Waals surface area contributed by atoms with Gasteiger partial charge in [0.05, 0.1) is 6.20 Å². The molecule has 1 aliphatic heterocycles. The maximum atomic E-state index is 12.4. The number of allylic oxidation sites excluding steroid dienone is 3. The first-order valence-electron chi connectivity index (χ1n) is 13.8. The molecule has 1 saturated carbocycles. The van der Waals surface area contributed by atoms with Crippen LogP contribution in [0, 0.1) is 5.92 Å². The quantitative estimate of drug-likeness (QED) is 0.372. The minimum Gasteiger partial charge on any atom is -0.346 e. The molecule has 204 valence electrons. The molecule has 1 amide bonds. The SMILES string of the molecule is C=C(/C=C1/C=C(C2CC2)NC1=NC)CCCCn1cc(C(=O)NCc2ccc(C(C)C)nc2)nn1.CCC. The van der Waals surface area contributed by atoms with E-state index >= 15 is 0 Å². The molecule has 3 heterocycles. The van der Waals surface area contributed by atoms with E-state index in [0.29, 0.717) is 30.6 Å². The van der Waals surface area contributed by atoms with Gasteiger partial charge in [0, 0.05) is 43.3 Å². The van der Waals surface area contributed by atoms with Crippen molar-refractivity contribution in [2.75, 3.05) is 7.05 Å². The summed E-state index contributed by atoms with van der Waals surface area (Å²) in [7, 11) is 1.82. The van der Waals surface area contributed by atoms with Crippen LogP contribution in [0.1, 0.15) is 93.9 Å². The molecule has 8 heteroatoms. The number of aryl methyl sites for hydroxylation is 1. The van der Waals surface area contributed by atoms with Crippen molar-refractivity contribution in [3.63, 3.8) is 0 Å². The Hall–Kier alpha value is -3.55. The second kappa shape index (κ2) is 14.4. The van der Waals surface area contributed by atoms with Gasteiger partial charge in [0.2, 0.25) is 0 Å². The van der Waals surface area contributed by atoms with Gasteiger partial charge in [0.1, 0.15) is 5.84 Å². The summed E-state index contributed by atoms with van der Waals surface area (Å²) < 4.78 is 1.72. The lowest BCUT2D eigenvalue weighted by molar-refractivity contribution is 0.0945. The van der Waals surface area contributed by atoms with Crippen LogP contribution in [-0.4, -0.2) is 38.8 Å². The zero-order chi connectivity index (χ0) is 27.5. The van der Waals surface area contributed by atoms with Crippen LogP contribution in [0.15, 0.2) is 65.1 Å². The van der Waals surface area contributed by atoms with Crippen LogP contribution in [0.3, 0.4) is 0 Å². The first-order valence-corrected chi connectivity index (χ1v) is 13.8. The fourth-order valence-corrected chi connectivity index (χ4v) is 3.97. The smallest absolute Gasteiger partial charge is 0.273 e. The molecule has 1 fully saturated rings. The van der Waals surface area contributed by atoms with Crippen LogP contribution in [0.25, 0.3) is 0 Å². The second-order valence-corrected chi connectivity index (χ2v) is 10.3. The van der Waals surface area contributed by atoms with Crippen molar-refractivity contribution in [1.29, 1.82) is 0 Å². The zero-order valence-corrected chi connectivity index (χ0v) is 23.6. The van der Waals surface area contributed by atoms with Gasteiger partial charge >= 0.3 is 0 Å². The number of hydrogen-bond donors (Lipinski definition) is 2. The Labute approximate surface area is 227 Å². The monoisotopic (exact) mass is 517 g/mol. The Morgan fingerprint density at radius 3 is 2.68 bits per heavy atom. The summed E-state index contributed by atoms with van der Waals surface area (Å²) in [5, 5.41) is 14.4. The van der Waals surface area contributed by atoms with Crippen LogP contribution in [0.2, 0.25) is 0 Å². The number of aromatic nitrogens is 4. The molecule has 0 atom stereocenters. The molecule has 0 unspecified atom stereocenters. The van der Waals surface area contributed by atoms with Gasteiger partial charge < -0.3 is 10.6 Å². The van der Waals surface area contributed by atoms with Gasteiger partial charge in [0.25, 0.3) is 5.91 Å². The van der Waals surface area contributed by atoms with Crippen molar-refractivity contribution in [3.8, 4) is 0 Å². The molecule has 1 aliphatic carbocycles. The van der Waals surface area contributed by atoms with Gasteiger partial charge in [-0.25, -0.2) is 0 Å². The van der Waals surface area contributed by atoms with Crippen LogP contribution in [-0.2, 0) is 13.1 Å². The summed E-state index contributed by atoms with van der Waals surface area (Å²) in [4.78, 5) is 21.2. The highest BCUT2D eigenvalue weighted by Gasteiger charge is 2.30. The number of hydrogen-bond acceptors (Lipinski definition) is 5. The van der Waals surface area contributed by atoms with Gasteiger partial charge in [-0.15, -0.1) is 5.10 Å². The number of carbonyl (C=O) groups is 1. The minimum atomic E-state index is -0.235. The van der Waals surface area contributed by atoms with Gasteiger partial charge in [-0.05, 0) is 67.7 Å². The summed E-state index contributed by atoms with van der Waals surface area (Å²) in [5.41, 5.74) is 5.82. The highest BCUT2D eigenvalue weighted by molar-refractivity contribution is 6.05. The van der Waals surface area contributed by atoms with Crippen LogP contribution < -0.4 is 10.6 Å². The highest BCUT2D eigenvalue weighted by atomic mass is 16.2. The molecule has 0 aromatic carbocycles. The van der Waals surface area contributed by atoms with E-state index in [2.05, 4.69) is 77.3 Å². The number of nitrogens with zero attached hydrogens (tertiary/aromatic N) is 5. The van der Waals surface area contributed by atoms with Crippen LogP contribution in [0.4, 0.5) is 0 Å². The Balaban J connectivity index is 0.00000127. The molecule has 8 nitrogen and oxygen atoms in total. The van der Waals surface area contributed by atoms with Crippen LogP contribution in [0.5, 0.6) is 0 Å². The third-order valence-electron chi connectivity index (χ3n) is 6.25. The molecule has 38 heavy (non-hydrogen) atoms. The third-order valence-corrected chi connectivity index (χ3v) is 6.25. The average Bonchev–Trinajstić information content (AvgIpc) is 3.51. The first kappa shape index (κ1) is 29.0.